The monoisotopic (exact) mass is 310 g/mol. The van der Waals surface area contributed by atoms with Crippen LogP contribution in [0.1, 0.15) is 70.1 Å². The molecule has 0 aliphatic heterocycles. The Morgan fingerprint density at radius 1 is 1.00 bits per heavy atom. The van der Waals surface area contributed by atoms with E-state index in [0.29, 0.717) is 5.92 Å². The lowest BCUT2D eigenvalue weighted by Crippen LogP contribution is -2.31. The molecule has 0 unspecified atom stereocenters. The van der Waals surface area contributed by atoms with Crippen LogP contribution in [0, 0.1) is 6.92 Å². The lowest BCUT2D eigenvalue weighted by atomic mass is 9.84. The number of aromatic nitrogens is 1. The second kappa shape index (κ2) is 6.86. The molecule has 0 amide bonds. The number of nitrogens with zero attached hydrogens (tertiary/aromatic N) is 1. The third-order valence-corrected chi connectivity index (χ3v) is 5.01. The fraction of sp³-hybridized carbons (Fsp3) is 0.500. The summed E-state index contributed by atoms with van der Waals surface area (Å²) in [4.78, 5) is 0. The molecule has 0 radical (unpaired) electrons. The van der Waals surface area contributed by atoms with Crippen molar-refractivity contribution in [3.05, 3.63) is 53.2 Å². The highest BCUT2D eigenvalue weighted by Crippen LogP contribution is 2.31. The predicted octanol–water partition coefficient (Wildman–Crippen LogP) is 5.69. The van der Waals surface area contributed by atoms with Crippen molar-refractivity contribution < 1.29 is 4.57 Å². The second-order valence-corrected chi connectivity index (χ2v) is 7.75. The average molecular weight is 311 g/mol. The third kappa shape index (κ3) is 3.83. The molecule has 2 aromatic rings. The van der Waals surface area contributed by atoms with Crippen LogP contribution in [0.25, 0.3) is 11.3 Å². The van der Waals surface area contributed by atoms with E-state index in [2.05, 4.69) is 89.7 Å². The van der Waals surface area contributed by atoms with E-state index in [4.69, 9.17) is 0 Å². The molecule has 0 saturated carbocycles. The minimum absolute atomic E-state index is 0.175. The molecule has 0 aliphatic rings. The largest absolute Gasteiger partial charge is 0.212 e. The van der Waals surface area contributed by atoms with Crippen molar-refractivity contribution in [1.29, 1.82) is 0 Å². The molecule has 0 N–H and O–H groups in total. The maximum absolute atomic E-state index is 2.40. The summed E-state index contributed by atoms with van der Waals surface area (Å²) < 4.78 is 2.25. The van der Waals surface area contributed by atoms with E-state index in [9.17, 15) is 0 Å². The summed E-state index contributed by atoms with van der Waals surface area (Å²) in [5.74, 6) is 0.654. The molecule has 1 aromatic carbocycles. The molecule has 1 heterocycles. The summed E-state index contributed by atoms with van der Waals surface area (Å²) in [5.41, 5.74) is 7.05. The molecule has 0 atom stereocenters. The molecule has 2 rings (SSSR count). The van der Waals surface area contributed by atoms with Crippen LogP contribution in [0.4, 0.5) is 0 Å². The number of rotatable bonds is 4. The van der Waals surface area contributed by atoms with Crippen LogP contribution in [0.3, 0.4) is 0 Å². The van der Waals surface area contributed by atoms with Crippen LogP contribution in [0.2, 0.25) is 0 Å². The Kier molecular flexibility index (Phi) is 5.29. The van der Waals surface area contributed by atoms with E-state index < -0.39 is 0 Å². The van der Waals surface area contributed by atoms with Crippen molar-refractivity contribution in [2.24, 2.45) is 7.05 Å². The highest BCUT2D eigenvalue weighted by Gasteiger charge is 2.20. The maximum atomic E-state index is 2.40. The summed E-state index contributed by atoms with van der Waals surface area (Å²) in [6, 6.07) is 11.6. The normalized spacial score (nSPS) is 12.0. The number of hydrogen-bond donors (Lipinski definition) is 0. The van der Waals surface area contributed by atoms with Gasteiger partial charge in [-0.1, -0.05) is 46.8 Å². The van der Waals surface area contributed by atoms with Gasteiger partial charge in [0.25, 0.3) is 0 Å². The minimum atomic E-state index is 0.175. The minimum Gasteiger partial charge on any atom is -0.201 e. The highest BCUT2D eigenvalue weighted by molar-refractivity contribution is 5.63. The van der Waals surface area contributed by atoms with E-state index in [0.717, 1.165) is 0 Å². The lowest BCUT2D eigenvalue weighted by Gasteiger charge is -2.20. The van der Waals surface area contributed by atoms with Crippen LogP contribution in [-0.4, -0.2) is 0 Å². The molecule has 124 valence electrons. The van der Waals surface area contributed by atoms with Gasteiger partial charge in [-0.05, 0) is 53.9 Å². The van der Waals surface area contributed by atoms with Crippen LogP contribution in [-0.2, 0) is 12.5 Å². The molecule has 23 heavy (non-hydrogen) atoms. The Morgan fingerprint density at radius 3 is 2.22 bits per heavy atom. The fourth-order valence-corrected chi connectivity index (χ4v) is 3.23. The van der Waals surface area contributed by atoms with Gasteiger partial charge in [-0.3, -0.25) is 0 Å². The van der Waals surface area contributed by atoms with Gasteiger partial charge >= 0.3 is 0 Å². The lowest BCUT2D eigenvalue weighted by molar-refractivity contribution is -0.660. The van der Waals surface area contributed by atoms with Crippen LogP contribution < -0.4 is 4.57 Å². The first kappa shape index (κ1) is 17.7. The van der Waals surface area contributed by atoms with E-state index in [-0.39, 0.29) is 5.41 Å². The van der Waals surface area contributed by atoms with Crippen molar-refractivity contribution in [3.63, 3.8) is 0 Å². The van der Waals surface area contributed by atoms with Crippen molar-refractivity contribution >= 4 is 0 Å². The molecular weight excluding hydrogens is 278 g/mol. The first-order valence-electron chi connectivity index (χ1n) is 8.89. The molecule has 1 aromatic heterocycles. The van der Waals surface area contributed by atoms with Gasteiger partial charge in [0, 0.05) is 17.7 Å². The van der Waals surface area contributed by atoms with E-state index in [1.54, 1.807) is 0 Å². The molecule has 0 bridgehead atoms. The van der Waals surface area contributed by atoms with Gasteiger partial charge in [-0.15, -0.1) is 0 Å². The SMILES string of the molecule is CCC(CC)c1cc[n+](C)c(-c2cc(C(C)(C)C)ccc2C)c1. The molecule has 0 aliphatic carbocycles. The maximum Gasteiger partial charge on any atom is 0.212 e. The van der Waals surface area contributed by atoms with E-state index in [1.807, 2.05) is 0 Å². The van der Waals surface area contributed by atoms with Gasteiger partial charge in [0.05, 0.1) is 0 Å². The number of benzene rings is 1. The molecule has 1 nitrogen and oxygen atoms in total. The van der Waals surface area contributed by atoms with Gasteiger partial charge < -0.3 is 0 Å². The number of hydrogen-bond acceptors (Lipinski definition) is 0. The van der Waals surface area contributed by atoms with Gasteiger partial charge in [0.2, 0.25) is 5.69 Å². The quantitative estimate of drug-likeness (QED) is 0.639. The van der Waals surface area contributed by atoms with Crippen molar-refractivity contribution in [3.8, 4) is 11.3 Å². The molecule has 0 spiro atoms. The van der Waals surface area contributed by atoms with Crippen molar-refractivity contribution in [1.82, 2.24) is 0 Å². The number of aryl methyl sites for hydroxylation is 2. The zero-order valence-electron chi connectivity index (χ0n) is 15.9. The van der Waals surface area contributed by atoms with Crippen LogP contribution in [0.15, 0.2) is 36.5 Å². The summed E-state index contributed by atoms with van der Waals surface area (Å²) in [6.07, 6.45) is 4.61. The van der Waals surface area contributed by atoms with Gasteiger partial charge in [-0.25, -0.2) is 4.57 Å². The summed E-state index contributed by atoms with van der Waals surface area (Å²) in [6.45, 7) is 13.6. The van der Waals surface area contributed by atoms with Crippen LogP contribution >= 0.6 is 0 Å². The van der Waals surface area contributed by atoms with E-state index in [1.165, 1.54) is 40.8 Å². The summed E-state index contributed by atoms with van der Waals surface area (Å²) in [5, 5.41) is 0. The average Bonchev–Trinajstić information content (AvgIpc) is 2.49. The zero-order chi connectivity index (χ0) is 17.2. The third-order valence-electron chi connectivity index (χ3n) is 5.01. The highest BCUT2D eigenvalue weighted by atomic mass is 14.9. The van der Waals surface area contributed by atoms with Gasteiger partial charge in [-0.2, -0.15) is 0 Å². The Labute approximate surface area is 142 Å². The molecule has 0 fully saturated rings. The summed E-state index contributed by atoms with van der Waals surface area (Å²) in [7, 11) is 2.15. The second-order valence-electron chi connectivity index (χ2n) is 7.75. The molecule has 1 heteroatoms. The summed E-state index contributed by atoms with van der Waals surface area (Å²) >= 11 is 0. The van der Waals surface area contributed by atoms with Gasteiger partial charge in [0.15, 0.2) is 6.20 Å². The Balaban J connectivity index is 2.59. The van der Waals surface area contributed by atoms with Crippen LogP contribution in [0.5, 0.6) is 0 Å². The molecule has 0 saturated heterocycles. The zero-order valence-corrected chi connectivity index (χ0v) is 15.9. The van der Waals surface area contributed by atoms with Crippen molar-refractivity contribution in [2.75, 3.05) is 0 Å². The Morgan fingerprint density at radius 2 is 1.65 bits per heavy atom. The first-order valence-corrected chi connectivity index (χ1v) is 8.89. The van der Waals surface area contributed by atoms with Gasteiger partial charge in [0.1, 0.15) is 7.05 Å². The predicted molar refractivity (Wildman–Crippen MR) is 99.8 cm³/mol. The number of pyridine rings is 1. The first-order chi connectivity index (χ1) is 10.8. The fourth-order valence-electron chi connectivity index (χ4n) is 3.23. The Bertz CT molecular complexity index is 673. The standard InChI is InChI=1S/C22H32N/c1-8-17(9-2)18-12-13-23(7)21(14-18)20-15-19(22(4,5)6)11-10-16(20)3/h10-15,17H,8-9H2,1-7H3/q+1. The smallest absolute Gasteiger partial charge is 0.201 e. The molecular formula is C22H32N+. The van der Waals surface area contributed by atoms with E-state index >= 15 is 0 Å². The topological polar surface area (TPSA) is 3.88 Å². The van der Waals surface area contributed by atoms with Crippen molar-refractivity contribution in [2.45, 2.75) is 65.7 Å². The Hall–Kier alpha value is -1.63.